The fourth-order valence-corrected chi connectivity index (χ4v) is 3.89. The summed E-state index contributed by atoms with van der Waals surface area (Å²) in [4.78, 5) is 2.50. The van der Waals surface area contributed by atoms with Gasteiger partial charge in [-0.2, -0.15) is 5.10 Å². The number of aryl methyl sites for hydroxylation is 1. The number of nitrogens with one attached hydrogen (secondary N) is 1. The Morgan fingerprint density at radius 3 is 2.78 bits per heavy atom. The Morgan fingerprint density at radius 2 is 2.07 bits per heavy atom. The van der Waals surface area contributed by atoms with Gasteiger partial charge in [0.05, 0.1) is 17.9 Å². The predicted molar refractivity (Wildman–Crippen MR) is 106 cm³/mol. The average molecular weight is 364 g/mol. The van der Waals surface area contributed by atoms with Crippen LogP contribution in [-0.2, 0) is 13.0 Å². The molecule has 0 radical (unpaired) electrons. The summed E-state index contributed by atoms with van der Waals surface area (Å²) in [6, 6.07) is 11.2. The minimum Gasteiger partial charge on any atom is -0.361 e. The van der Waals surface area contributed by atoms with Crippen molar-refractivity contribution >= 4 is 0 Å². The summed E-state index contributed by atoms with van der Waals surface area (Å²) >= 11 is 0. The van der Waals surface area contributed by atoms with Crippen LogP contribution in [0.15, 0.2) is 41.1 Å². The lowest BCUT2D eigenvalue weighted by atomic mass is 10.0. The van der Waals surface area contributed by atoms with Crippen molar-refractivity contribution in [3.05, 3.63) is 59.1 Å². The van der Waals surface area contributed by atoms with Gasteiger partial charge in [-0.25, -0.2) is 0 Å². The first kappa shape index (κ1) is 18.0. The number of hydrogen-bond donors (Lipinski definition) is 1. The largest absolute Gasteiger partial charge is 0.361 e. The lowest BCUT2D eigenvalue weighted by Crippen LogP contribution is -2.23. The summed E-state index contributed by atoms with van der Waals surface area (Å²) in [5.74, 6) is 1.34. The molecule has 1 N–H and O–H groups in total. The van der Waals surface area contributed by atoms with Crippen LogP contribution in [0.3, 0.4) is 0 Å². The van der Waals surface area contributed by atoms with E-state index < -0.39 is 0 Å². The quantitative estimate of drug-likeness (QED) is 0.662. The van der Waals surface area contributed by atoms with Gasteiger partial charge in [0.2, 0.25) is 0 Å². The molecule has 1 aliphatic heterocycles. The monoisotopic (exact) mass is 364 g/mol. The number of hydrogen-bond acceptors (Lipinski definition) is 4. The third kappa shape index (κ3) is 3.69. The Kier molecular flexibility index (Phi) is 5.12. The van der Waals surface area contributed by atoms with Crippen LogP contribution in [0.1, 0.15) is 68.2 Å². The highest BCUT2D eigenvalue weighted by Crippen LogP contribution is 2.35. The number of H-pyrrole nitrogens is 1. The van der Waals surface area contributed by atoms with Crippen molar-refractivity contribution < 1.29 is 4.52 Å². The smallest absolute Gasteiger partial charge is 0.139 e. The third-order valence-electron chi connectivity index (χ3n) is 5.56. The van der Waals surface area contributed by atoms with Crippen LogP contribution in [0.5, 0.6) is 0 Å². The standard InChI is InChI=1S/C22H28N4O/c1-4-16-7-9-17(10-8-16)22-18(13-23-24-22)14-26-11-5-6-20(26)19-12-21(15(2)3)27-25-19/h7-10,12-13,15,20H,4-6,11,14H2,1-3H3,(H,23,24)/t20-/m0/s1. The number of likely N-dealkylation sites (tertiary alicyclic amines) is 1. The molecular weight excluding hydrogens is 336 g/mol. The SMILES string of the molecule is CCc1ccc(-c2[nH]ncc2CN2CCC[C@H]2c2cc(C(C)C)on2)cc1. The normalized spacial score (nSPS) is 17.9. The van der Waals surface area contributed by atoms with Gasteiger partial charge >= 0.3 is 0 Å². The number of aromatic amines is 1. The first-order chi connectivity index (χ1) is 13.2. The van der Waals surface area contributed by atoms with Crippen molar-refractivity contribution in [1.82, 2.24) is 20.3 Å². The summed E-state index contributed by atoms with van der Waals surface area (Å²) in [6.07, 6.45) is 5.33. The number of aromatic nitrogens is 3. The molecule has 0 saturated carbocycles. The van der Waals surface area contributed by atoms with Gasteiger partial charge in [0.25, 0.3) is 0 Å². The molecule has 0 bridgehead atoms. The minimum absolute atomic E-state index is 0.325. The van der Waals surface area contributed by atoms with Gasteiger partial charge in [-0.1, -0.05) is 50.2 Å². The highest BCUT2D eigenvalue weighted by atomic mass is 16.5. The molecule has 1 aliphatic rings. The van der Waals surface area contributed by atoms with Gasteiger partial charge in [-0.05, 0) is 36.9 Å². The first-order valence-corrected chi connectivity index (χ1v) is 9.97. The fourth-order valence-electron chi connectivity index (χ4n) is 3.89. The molecular formula is C22H28N4O. The Labute approximate surface area is 160 Å². The van der Waals surface area contributed by atoms with Crippen molar-refractivity contribution in [2.24, 2.45) is 0 Å². The van der Waals surface area contributed by atoms with E-state index in [1.165, 1.54) is 23.1 Å². The maximum absolute atomic E-state index is 5.54. The summed E-state index contributed by atoms with van der Waals surface area (Å²) in [5.41, 5.74) is 5.96. The van der Waals surface area contributed by atoms with Gasteiger partial charge in [-0.15, -0.1) is 0 Å². The molecule has 0 amide bonds. The molecule has 27 heavy (non-hydrogen) atoms. The first-order valence-electron chi connectivity index (χ1n) is 9.97. The number of rotatable bonds is 6. The van der Waals surface area contributed by atoms with E-state index in [0.717, 1.165) is 43.1 Å². The van der Waals surface area contributed by atoms with E-state index in [0.29, 0.717) is 12.0 Å². The number of nitrogens with zero attached hydrogens (tertiary/aromatic N) is 3. The topological polar surface area (TPSA) is 58.0 Å². The fraction of sp³-hybridized carbons (Fsp3) is 0.455. The van der Waals surface area contributed by atoms with Crippen LogP contribution in [-0.4, -0.2) is 26.8 Å². The van der Waals surface area contributed by atoms with Crippen LogP contribution < -0.4 is 0 Å². The molecule has 2 aromatic heterocycles. The Morgan fingerprint density at radius 1 is 1.26 bits per heavy atom. The van der Waals surface area contributed by atoms with Gasteiger partial charge in [0.1, 0.15) is 11.5 Å². The van der Waals surface area contributed by atoms with Crippen LogP contribution in [0, 0.1) is 0 Å². The van der Waals surface area contributed by atoms with E-state index in [2.05, 4.69) is 71.4 Å². The molecule has 1 aromatic carbocycles. The average Bonchev–Trinajstić information content (AvgIpc) is 3.42. The van der Waals surface area contributed by atoms with Crippen molar-refractivity contribution in [3.8, 4) is 11.3 Å². The van der Waals surface area contributed by atoms with E-state index in [1.54, 1.807) is 0 Å². The Hall–Kier alpha value is -2.40. The van der Waals surface area contributed by atoms with Gasteiger partial charge in [0, 0.05) is 24.1 Å². The van der Waals surface area contributed by atoms with Crippen LogP contribution in [0.25, 0.3) is 11.3 Å². The summed E-state index contributed by atoms with van der Waals surface area (Å²) in [7, 11) is 0. The highest BCUT2D eigenvalue weighted by molar-refractivity contribution is 5.62. The van der Waals surface area contributed by atoms with Crippen LogP contribution in [0.4, 0.5) is 0 Å². The molecule has 0 spiro atoms. The number of benzene rings is 1. The zero-order valence-electron chi connectivity index (χ0n) is 16.4. The highest BCUT2D eigenvalue weighted by Gasteiger charge is 2.29. The molecule has 1 fully saturated rings. The molecule has 0 aliphatic carbocycles. The van der Waals surface area contributed by atoms with Crippen molar-refractivity contribution in [3.63, 3.8) is 0 Å². The molecule has 3 heterocycles. The summed E-state index contributed by atoms with van der Waals surface area (Å²) in [5, 5.41) is 11.9. The van der Waals surface area contributed by atoms with E-state index in [1.807, 2.05) is 6.20 Å². The maximum atomic E-state index is 5.54. The molecule has 0 unspecified atom stereocenters. The van der Waals surface area contributed by atoms with E-state index in [4.69, 9.17) is 4.52 Å². The van der Waals surface area contributed by atoms with Gasteiger partial charge in [-0.3, -0.25) is 10.00 Å². The zero-order chi connectivity index (χ0) is 18.8. The maximum Gasteiger partial charge on any atom is 0.139 e. The van der Waals surface area contributed by atoms with Crippen molar-refractivity contribution in [2.75, 3.05) is 6.54 Å². The van der Waals surface area contributed by atoms with Crippen molar-refractivity contribution in [1.29, 1.82) is 0 Å². The summed E-state index contributed by atoms with van der Waals surface area (Å²) < 4.78 is 5.54. The van der Waals surface area contributed by atoms with E-state index >= 15 is 0 Å². The van der Waals surface area contributed by atoms with Crippen LogP contribution >= 0.6 is 0 Å². The second kappa shape index (κ2) is 7.69. The second-order valence-corrected chi connectivity index (χ2v) is 7.76. The molecule has 3 aromatic rings. The molecule has 4 rings (SSSR count). The third-order valence-corrected chi connectivity index (χ3v) is 5.56. The Bertz CT molecular complexity index is 878. The van der Waals surface area contributed by atoms with E-state index in [9.17, 15) is 0 Å². The molecule has 5 nitrogen and oxygen atoms in total. The minimum atomic E-state index is 0.325. The predicted octanol–water partition coefficient (Wildman–Crippen LogP) is 5.09. The van der Waals surface area contributed by atoms with Crippen LogP contribution in [0.2, 0.25) is 0 Å². The molecule has 1 atom stereocenters. The molecule has 142 valence electrons. The second-order valence-electron chi connectivity index (χ2n) is 7.76. The Balaban J connectivity index is 1.54. The summed E-state index contributed by atoms with van der Waals surface area (Å²) in [6.45, 7) is 8.40. The molecule has 5 heteroatoms. The zero-order valence-corrected chi connectivity index (χ0v) is 16.4. The van der Waals surface area contributed by atoms with E-state index in [-0.39, 0.29) is 0 Å². The van der Waals surface area contributed by atoms with Crippen molar-refractivity contribution in [2.45, 2.75) is 58.5 Å². The lowest BCUT2D eigenvalue weighted by Gasteiger charge is -2.22. The van der Waals surface area contributed by atoms with Gasteiger partial charge in [0.15, 0.2) is 0 Å². The lowest BCUT2D eigenvalue weighted by molar-refractivity contribution is 0.236. The van der Waals surface area contributed by atoms with Gasteiger partial charge < -0.3 is 4.52 Å². The molecule has 1 saturated heterocycles.